The lowest BCUT2D eigenvalue weighted by Gasteiger charge is -2.10. The lowest BCUT2D eigenvalue weighted by atomic mass is 10.2. The number of aromatic carboxylic acids is 1. The molecule has 1 aromatic carbocycles. The van der Waals surface area contributed by atoms with E-state index in [4.69, 9.17) is 5.11 Å². The SMILES string of the molecule is O=C(O)c1ccc(N(n2c(=O)c2=O)[N+](=O)[O-])cc1. The van der Waals surface area contributed by atoms with Crippen LogP contribution < -0.4 is 16.2 Å². The molecular formula is C9H5N3O6. The maximum Gasteiger partial charge on any atom is 0.453 e. The molecule has 0 saturated carbocycles. The Balaban J connectivity index is 2.42. The summed E-state index contributed by atoms with van der Waals surface area (Å²) in [6.07, 6.45) is 0. The van der Waals surface area contributed by atoms with Crippen LogP contribution >= 0.6 is 0 Å². The third kappa shape index (κ3) is 1.73. The Morgan fingerprint density at radius 1 is 1.22 bits per heavy atom. The Bertz CT molecular complexity index is 668. The molecule has 0 aliphatic rings. The van der Waals surface area contributed by atoms with Crippen LogP contribution in [0.1, 0.15) is 10.4 Å². The second-order valence-electron chi connectivity index (χ2n) is 3.30. The van der Waals surface area contributed by atoms with Crippen molar-refractivity contribution < 1.29 is 14.9 Å². The van der Waals surface area contributed by atoms with E-state index >= 15 is 0 Å². The second-order valence-corrected chi connectivity index (χ2v) is 3.30. The molecule has 18 heavy (non-hydrogen) atoms. The van der Waals surface area contributed by atoms with Crippen LogP contribution in [0.3, 0.4) is 0 Å². The molecule has 0 spiro atoms. The molecule has 0 bridgehead atoms. The quantitative estimate of drug-likeness (QED) is 0.430. The van der Waals surface area contributed by atoms with Crippen LogP contribution in [-0.4, -0.2) is 20.8 Å². The van der Waals surface area contributed by atoms with E-state index in [9.17, 15) is 24.5 Å². The minimum Gasteiger partial charge on any atom is -0.478 e. The summed E-state index contributed by atoms with van der Waals surface area (Å²) in [5.74, 6) is -1.19. The summed E-state index contributed by atoms with van der Waals surface area (Å²) in [4.78, 5) is 43.1. The van der Waals surface area contributed by atoms with Gasteiger partial charge in [0.2, 0.25) is 0 Å². The van der Waals surface area contributed by atoms with E-state index in [0.29, 0.717) is 4.68 Å². The van der Waals surface area contributed by atoms with Gasteiger partial charge in [0.05, 0.1) is 10.6 Å². The zero-order chi connectivity index (χ0) is 13.4. The Morgan fingerprint density at radius 3 is 2.06 bits per heavy atom. The minimum absolute atomic E-state index is 0.0644. The number of hydrazine groups is 1. The summed E-state index contributed by atoms with van der Waals surface area (Å²) in [6.45, 7) is 0. The highest BCUT2D eigenvalue weighted by Gasteiger charge is 2.36. The molecule has 1 N–H and O–H groups in total. The van der Waals surface area contributed by atoms with Crippen molar-refractivity contribution in [2.75, 3.05) is 5.12 Å². The molecule has 0 unspecified atom stereocenters. The zero-order valence-corrected chi connectivity index (χ0v) is 8.64. The molecule has 2 rings (SSSR count). The number of rotatable bonds is 4. The number of nitrogens with zero attached hydrogens (tertiary/aromatic N) is 3. The second kappa shape index (κ2) is 3.80. The van der Waals surface area contributed by atoms with Crippen LogP contribution in [0.4, 0.5) is 5.69 Å². The fraction of sp³-hybridized carbons (Fsp3) is 0. The van der Waals surface area contributed by atoms with E-state index in [1.165, 1.54) is 0 Å². The number of anilines is 1. The molecule has 9 nitrogen and oxygen atoms in total. The Morgan fingerprint density at radius 2 is 1.72 bits per heavy atom. The fourth-order valence-corrected chi connectivity index (χ4v) is 1.32. The van der Waals surface area contributed by atoms with Gasteiger partial charge in [-0.15, -0.1) is 0 Å². The zero-order valence-electron chi connectivity index (χ0n) is 8.64. The normalized spacial score (nSPS) is 10.4. The van der Waals surface area contributed by atoms with E-state index in [-0.39, 0.29) is 16.4 Å². The van der Waals surface area contributed by atoms with Crippen molar-refractivity contribution in [2.45, 2.75) is 0 Å². The predicted molar refractivity (Wildman–Crippen MR) is 57.6 cm³/mol. The lowest BCUT2D eigenvalue weighted by molar-refractivity contribution is -0.502. The third-order valence-corrected chi connectivity index (χ3v) is 2.21. The minimum atomic E-state index is -1.19. The summed E-state index contributed by atoms with van der Waals surface area (Å²) in [5.41, 5.74) is -2.14. The molecule has 0 aliphatic heterocycles. The van der Waals surface area contributed by atoms with Crippen molar-refractivity contribution in [3.8, 4) is 0 Å². The number of aromatic nitrogens is 1. The summed E-state index contributed by atoms with van der Waals surface area (Å²) in [6, 6.07) is 4.52. The summed E-state index contributed by atoms with van der Waals surface area (Å²) < 4.78 is 0.343. The smallest absolute Gasteiger partial charge is 0.453 e. The van der Waals surface area contributed by atoms with Crippen LogP contribution in [0, 0.1) is 10.1 Å². The third-order valence-electron chi connectivity index (χ3n) is 2.21. The first-order chi connectivity index (χ1) is 8.43. The number of nitro groups is 1. The molecule has 0 fully saturated rings. The van der Waals surface area contributed by atoms with E-state index in [2.05, 4.69) is 0 Å². The van der Waals surface area contributed by atoms with Crippen LogP contribution in [-0.2, 0) is 0 Å². The fourth-order valence-electron chi connectivity index (χ4n) is 1.32. The molecule has 1 aromatic heterocycles. The van der Waals surface area contributed by atoms with Crippen molar-refractivity contribution in [1.82, 2.24) is 4.68 Å². The topological polar surface area (TPSA) is 123 Å². The molecule has 0 radical (unpaired) electrons. The van der Waals surface area contributed by atoms with E-state index < -0.39 is 22.1 Å². The van der Waals surface area contributed by atoms with Gasteiger partial charge in [-0.05, 0) is 34.1 Å². The molecule has 0 aliphatic carbocycles. The highest BCUT2D eigenvalue weighted by Crippen LogP contribution is 2.15. The number of hydrogen-bond acceptors (Lipinski definition) is 5. The molecule has 0 saturated heterocycles. The Labute approximate surface area is 97.9 Å². The van der Waals surface area contributed by atoms with Gasteiger partial charge in [0.25, 0.3) is 0 Å². The van der Waals surface area contributed by atoms with E-state index in [0.717, 1.165) is 24.3 Å². The van der Waals surface area contributed by atoms with Crippen molar-refractivity contribution in [3.63, 3.8) is 0 Å². The molecule has 92 valence electrons. The number of carboxylic acid groups (broad SMARTS) is 1. The van der Waals surface area contributed by atoms with Crippen LogP contribution in [0.15, 0.2) is 33.9 Å². The Kier molecular flexibility index (Phi) is 2.43. The standard InChI is InChI=1S/C9H5N3O6/c13-7-8(14)10(7)11(12(17)18)6-3-1-5(2-4-6)9(15)16/h1-4H,(H,15,16). The number of benzene rings is 1. The van der Waals surface area contributed by atoms with Gasteiger partial charge in [0, 0.05) is 0 Å². The number of hydrogen-bond donors (Lipinski definition) is 1. The lowest BCUT2D eigenvalue weighted by Crippen LogP contribution is -2.34. The van der Waals surface area contributed by atoms with Gasteiger partial charge in [-0.2, -0.15) is 0 Å². The van der Waals surface area contributed by atoms with Gasteiger partial charge in [-0.1, -0.05) is 0 Å². The van der Waals surface area contributed by atoms with Crippen molar-refractivity contribution in [3.05, 3.63) is 60.7 Å². The Hall–Kier alpha value is -2.97. The number of carboxylic acids is 1. The molecular weight excluding hydrogens is 246 g/mol. The predicted octanol–water partition coefficient (Wildman–Crippen LogP) is -0.756. The first kappa shape index (κ1) is 11.5. The van der Waals surface area contributed by atoms with Crippen molar-refractivity contribution in [2.24, 2.45) is 0 Å². The van der Waals surface area contributed by atoms with Gasteiger partial charge < -0.3 is 15.2 Å². The molecule has 2 aromatic rings. The largest absolute Gasteiger partial charge is 0.478 e. The molecule has 0 atom stereocenters. The molecule has 9 heteroatoms. The monoisotopic (exact) mass is 251 g/mol. The van der Waals surface area contributed by atoms with Crippen LogP contribution in [0.2, 0.25) is 0 Å². The number of carbonyl (C=O) groups is 1. The van der Waals surface area contributed by atoms with Crippen LogP contribution in [0.25, 0.3) is 0 Å². The average molecular weight is 251 g/mol. The first-order valence-electron chi connectivity index (χ1n) is 4.59. The molecule has 1 heterocycles. The maximum atomic E-state index is 10.8. The van der Waals surface area contributed by atoms with Gasteiger partial charge in [0.1, 0.15) is 5.69 Å². The molecule has 0 amide bonds. The average Bonchev–Trinajstić information content (AvgIpc) is 2.88. The van der Waals surface area contributed by atoms with E-state index in [1.54, 1.807) is 0 Å². The highest BCUT2D eigenvalue weighted by atomic mass is 16.7. The van der Waals surface area contributed by atoms with Crippen molar-refractivity contribution in [1.29, 1.82) is 0 Å². The van der Waals surface area contributed by atoms with E-state index in [1.807, 2.05) is 0 Å². The summed E-state index contributed by atoms with van der Waals surface area (Å²) >= 11 is 0. The maximum absolute atomic E-state index is 10.8. The van der Waals surface area contributed by atoms with Crippen LogP contribution in [0.5, 0.6) is 0 Å². The van der Waals surface area contributed by atoms with Gasteiger partial charge in [0.15, 0.2) is 0 Å². The summed E-state index contributed by atoms with van der Waals surface area (Å²) in [5, 5.41) is 18.7. The highest BCUT2D eigenvalue weighted by molar-refractivity contribution is 5.87. The summed E-state index contributed by atoms with van der Waals surface area (Å²) in [7, 11) is 0. The first-order valence-corrected chi connectivity index (χ1v) is 4.59. The van der Waals surface area contributed by atoms with Gasteiger partial charge in [-0.25, -0.2) is 14.4 Å². The van der Waals surface area contributed by atoms with Crippen molar-refractivity contribution >= 4 is 11.7 Å². The van der Waals surface area contributed by atoms with Gasteiger partial charge >= 0.3 is 17.1 Å². The van der Waals surface area contributed by atoms with Gasteiger partial charge in [-0.3, -0.25) is 0 Å².